The van der Waals surface area contributed by atoms with Crippen LogP contribution in [0.1, 0.15) is 44.7 Å². The van der Waals surface area contributed by atoms with Gasteiger partial charge in [-0.05, 0) is 24.0 Å². The third-order valence-electron chi connectivity index (χ3n) is 2.98. The average Bonchev–Trinajstić information content (AvgIpc) is 2.30. The standard InChI is InChI=1S/C13H20ClFN2/c1-3-5-9(2)8-12(17-16)10-6-4-7-11(15)13(10)14/h4,6-7,9,12,17H,3,5,8,16H2,1-2H3. The zero-order valence-electron chi connectivity index (χ0n) is 10.3. The molecule has 0 radical (unpaired) electrons. The van der Waals surface area contributed by atoms with E-state index in [9.17, 15) is 4.39 Å². The first-order valence-electron chi connectivity index (χ1n) is 6.00. The Kier molecular flexibility index (Phi) is 5.89. The van der Waals surface area contributed by atoms with Gasteiger partial charge in [0.15, 0.2) is 0 Å². The Bertz CT molecular complexity index is 357. The molecule has 0 heterocycles. The number of halogens is 2. The maximum atomic E-state index is 13.4. The minimum absolute atomic E-state index is 0.0975. The normalized spacial score (nSPS) is 14.6. The molecule has 96 valence electrons. The summed E-state index contributed by atoms with van der Waals surface area (Å²) in [6.45, 7) is 4.32. The van der Waals surface area contributed by atoms with Crippen molar-refractivity contribution in [3.63, 3.8) is 0 Å². The van der Waals surface area contributed by atoms with Crippen molar-refractivity contribution in [1.29, 1.82) is 0 Å². The van der Waals surface area contributed by atoms with Gasteiger partial charge in [0.05, 0.1) is 5.02 Å². The summed E-state index contributed by atoms with van der Waals surface area (Å²) >= 11 is 5.96. The van der Waals surface area contributed by atoms with Crippen molar-refractivity contribution in [2.75, 3.05) is 0 Å². The van der Waals surface area contributed by atoms with E-state index in [1.165, 1.54) is 6.07 Å². The highest BCUT2D eigenvalue weighted by atomic mass is 35.5. The first-order valence-corrected chi connectivity index (χ1v) is 6.38. The van der Waals surface area contributed by atoms with Crippen LogP contribution in [-0.4, -0.2) is 0 Å². The van der Waals surface area contributed by atoms with Crippen molar-refractivity contribution in [3.05, 3.63) is 34.6 Å². The van der Waals surface area contributed by atoms with Crippen molar-refractivity contribution in [2.24, 2.45) is 11.8 Å². The van der Waals surface area contributed by atoms with Crippen LogP contribution >= 0.6 is 11.6 Å². The molecule has 4 heteroatoms. The molecule has 0 aliphatic carbocycles. The molecule has 0 aliphatic rings. The number of hydrogen-bond donors (Lipinski definition) is 2. The molecule has 1 rings (SSSR count). The second-order valence-electron chi connectivity index (χ2n) is 4.49. The van der Waals surface area contributed by atoms with Gasteiger partial charge in [0.1, 0.15) is 5.82 Å². The number of benzene rings is 1. The van der Waals surface area contributed by atoms with Crippen LogP contribution in [0.4, 0.5) is 4.39 Å². The summed E-state index contributed by atoms with van der Waals surface area (Å²) in [5.74, 6) is 5.67. The van der Waals surface area contributed by atoms with Crippen LogP contribution < -0.4 is 11.3 Å². The van der Waals surface area contributed by atoms with E-state index in [1.807, 2.05) is 6.07 Å². The van der Waals surface area contributed by atoms with Gasteiger partial charge in [-0.25, -0.2) is 4.39 Å². The molecule has 1 aromatic rings. The lowest BCUT2D eigenvalue weighted by atomic mass is 9.93. The van der Waals surface area contributed by atoms with Crippen LogP contribution in [0.2, 0.25) is 5.02 Å². The van der Waals surface area contributed by atoms with Gasteiger partial charge in [0.2, 0.25) is 0 Å². The first kappa shape index (κ1) is 14.4. The zero-order valence-corrected chi connectivity index (χ0v) is 11.1. The Morgan fingerprint density at radius 2 is 2.18 bits per heavy atom. The van der Waals surface area contributed by atoms with Gasteiger partial charge >= 0.3 is 0 Å². The molecule has 17 heavy (non-hydrogen) atoms. The maximum Gasteiger partial charge on any atom is 0.142 e. The smallest absolute Gasteiger partial charge is 0.142 e. The molecule has 0 aliphatic heterocycles. The number of hydrogen-bond acceptors (Lipinski definition) is 2. The van der Waals surface area contributed by atoms with Crippen molar-refractivity contribution in [2.45, 2.75) is 39.2 Å². The molecule has 0 amide bonds. The van der Waals surface area contributed by atoms with Crippen LogP contribution in [0.3, 0.4) is 0 Å². The summed E-state index contributed by atoms with van der Waals surface area (Å²) in [4.78, 5) is 0. The lowest BCUT2D eigenvalue weighted by Crippen LogP contribution is -2.29. The number of hydrazine groups is 1. The van der Waals surface area contributed by atoms with E-state index in [-0.39, 0.29) is 11.1 Å². The minimum Gasteiger partial charge on any atom is -0.271 e. The van der Waals surface area contributed by atoms with E-state index < -0.39 is 5.82 Å². The second-order valence-corrected chi connectivity index (χ2v) is 4.87. The number of rotatable bonds is 6. The van der Waals surface area contributed by atoms with Crippen molar-refractivity contribution < 1.29 is 4.39 Å². The molecule has 0 bridgehead atoms. The molecule has 2 atom stereocenters. The summed E-state index contributed by atoms with van der Waals surface area (Å²) < 4.78 is 13.4. The molecule has 1 aromatic carbocycles. The molecule has 0 saturated carbocycles. The topological polar surface area (TPSA) is 38.0 Å². The van der Waals surface area contributed by atoms with E-state index in [0.717, 1.165) is 24.8 Å². The van der Waals surface area contributed by atoms with Crippen LogP contribution in [-0.2, 0) is 0 Å². The van der Waals surface area contributed by atoms with Crippen LogP contribution in [0.5, 0.6) is 0 Å². The van der Waals surface area contributed by atoms with Gasteiger partial charge in [-0.3, -0.25) is 11.3 Å². The largest absolute Gasteiger partial charge is 0.271 e. The fourth-order valence-corrected chi connectivity index (χ4v) is 2.35. The van der Waals surface area contributed by atoms with Gasteiger partial charge in [0.25, 0.3) is 0 Å². The fraction of sp³-hybridized carbons (Fsp3) is 0.538. The number of nitrogens with one attached hydrogen (secondary N) is 1. The van der Waals surface area contributed by atoms with E-state index in [4.69, 9.17) is 17.4 Å². The van der Waals surface area contributed by atoms with Gasteiger partial charge in [-0.2, -0.15) is 0 Å². The molecule has 0 spiro atoms. The van der Waals surface area contributed by atoms with Crippen molar-refractivity contribution in [3.8, 4) is 0 Å². The fourth-order valence-electron chi connectivity index (χ4n) is 2.09. The van der Waals surface area contributed by atoms with E-state index >= 15 is 0 Å². The highest BCUT2D eigenvalue weighted by Gasteiger charge is 2.18. The molecule has 2 nitrogen and oxygen atoms in total. The van der Waals surface area contributed by atoms with Gasteiger partial charge in [0, 0.05) is 6.04 Å². The summed E-state index contributed by atoms with van der Waals surface area (Å²) in [5, 5.41) is 0.166. The predicted molar refractivity (Wildman–Crippen MR) is 70.2 cm³/mol. The Morgan fingerprint density at radius 1 is 1.47 bits per heavy atom. The first-order chi connectivity index (χ1) is 8.10. The lowest BCUT2D eigenvalue weighted by molar-refractivity contribution is 0.394. The summed E-state index contributed by atoms with van der Waals surface area (Å²) in [5.41, 5.74) is 3.46. The Labute approximate surface area is 107 Å². The van der Waals surface area contributed by atoms with E-state index in [2.05, 4.69) is 19.3 Å². The highest BCUT2D eigenvalue weighted by Crippen LogP contribution is 2.30. The Morgan fingerprint density at radius 3 is 2.76 bits per heavy atom. The molecular formula is C13H20ClFN2. The zero-order chi connectivity index (χ0) is 12.8. The Balaban J connectivity index is 2.82. The quantitative estimate of drug-likeness (QED) is 0.602. The highest BCUT2D eigenvalue weighted by molar-refractivity contribution is 6.31. The average molecular weight is 259 g/mol. The Hall–Kier alpha value is -0.640. The van der Waals surface area contributed by atoms with Crippen LogP contribution in [0.25, 0.3) is 0 Å². The summed E-state index contributed by atoms with van der Waals surface area (Å²) in [6.07, 6.45) is 3.12. The minimum atomic E-state index is -0.396. The van der Waals surface area contributed by atoms with E-state index in [0.29, 0.717) is 5.92 Å². The van der Waals surface area contributed by atoms with E-state index in [1.54, 1.807) is 6.07 Å². The monoisotopic (exact) mass is 258 g/mol. The van der Waals surface area contributed by atoms with Crippen LogP contribution in [0.15, 0.2) is 18.2 Å². The van der Waals surface area contributed by atoms with Gasteiger partial charge in [-0.1, -0.05) is 50.4 Å². The molecular weight excluding hydrogens is 239 g/mol. The number of nitrogens with two attached hydrogens (primary N) is 1. The SMILES string of the molecule is CCCC(C)CC(NN)c1cccc(F)c1Cl. The summed E-state index contributed by atoms with van der Waals surface area (Å²) in [7, 11) is 0. The maximum absolute atomic E-state index is 13.4. The third-order valence-corrected chi connectivity index (χ3v) is 3.38. The molecule has 0 aromatic heterocycles. The summed E-state index contributed by atoms with van der Waals surface area (Å²) in [6, 6.07) is 4.73. The van der Waals surface area contributed by atoms with Gasteiger partial charge in [-0.15, -0.1) is 0 Å². The molecule has 2 unspecified atom stereocenters. The lowest BCUT2D eigenvalue weighted by Gasteiger charge is -2.21. The predicted octanol–water partition coefficient (Wildman–Crippen LogP) is 3.81. The second kappa shape index (κ2) is 6.94. The van der Waals surface area contributed by atoms with Crippen LogP contribution in [0, 0.1) is 11.7 Å². The molecule has 0 fully saturated rings. The van der Waals surface area contributed by atoms with Gasteiger partial charge < -0.3 is 0 Å². The molecule has 0 saturated heterocycles. The van der Waals surface area contributed by atoms with Crippen molar-refractivity contribution >= 4 is 11.6 Å². The third kappa shape index (κ3) is 3.95. The molecule has 3 N–H and O–H groups in total. The van der Waals surface area contributed by atoms with Crippen molar-refractivity contribution in [1.82, 2.24) is 5.43 Å².